The molecule has 0 saturated carbocycles. The number of aromatic nitrogens is 1. The highest BCUT2D eigenvalue weighted by Gasteiger charge is 2.22. The Morgan fingerprint density at radius 1 is 1.39 bits per heavy atom. The fraction of sp³-hybridized carbons (Fsp3) is 0.571. The van der Waals surface area contributed by atoms with E-state index in [4.69, 9.17) is 4.74 Å². The molecule has 0 saturated heterocycles. The van der Waals surface area contributed by atoms with Crippen LogP contribution in [0.3, 0.4) is 0 Å². The number of rotatable bonds is 4. The van der Waals surface area contributed by atoms with Gasteiger partial charge in [-0.25, -0.2) is 0 Å². The molecule has 0 aliphatic rings. The van der Waals surface area contributed by atoms with Crippen molar-refractivity contribution in [3.8, 4) is 0 Å². The molecule has 1 aromatic rings. The normalized spacial score (nSPS) is 14.9. The number of carbonyl (C=O) groups is 1. The van der Waals surface area contributed by atoms with Crippen LogP contribution in [0.2, 0.25) is 0 Å². The van der Waals surface area contributed by atoms with Gasteiger partial charge in [-0.2, -0.15) is 0 Å². The fourth-order valence-electron chi connectivity index (χ4n) is 1.56. The first-order chi connectivity index (χ1) is 8.29. The van der Waals surface area contributed by atoms with E-state index in [-0.39, 0.29) is 18.1 Å². The molecule has 1 rings (SSSR count). The molecule has 0 spiro atoms. The molecule has 0 aromatic carbocycles. The van der Waals surface area contributed by atoms with Gasteiger partial charge in [-0.1, -0.05) is 6.07 Å². The van der Waals surface area contributed by atoms with E-state index in [0.29, 0.717) is 0 Å². The highest BCUT2D eigenvalue weighted by atomic mass is 16.6. The molecule has 1 heterocycles. The molecule has 0 aliphatic carbocycles. The predicted molar refractivity (Wildman–Crippen MR) is 71.1 cm³/mol. The van der Waals surface area contributed by atoms with Crippen LogP contribution in [0.25, 0.3) is 0 Å². The third kappa shape index (κ3) is 4.84. The number of esters is 1. The number of hydrogen-bond donors (Lipinski definition) is 1. The van der Waals surface area contributed by atoms with Gasteiger partial charge >= 0.3 is 5.97 Å². The molecule has 1 unspecified atom stereocenters. The lowest BCUT2D eigenvalue weighted by molar-refractivity contribution is -0.157. The molecular weight excluding hydrogens is 228 g/mol. The highest BCUT2D eigenvalue weighted by Crippen LogP contribution is 2.13. The maximum Gasteiger partial charge on any atom is 0.323 e. The Morgan fingerprint density at radius 2 is 2.06 bits per heavy atom. The summed E-state index contributed by atoms with van der Waals surface area (Å²) in [6.07, 6.45) is 3.52. The number of carbonyl (C=O) groups excluding carboxylic acids is 1. The van der Waals surface area contributed by atoms with E-state index >= 15 is 0 Å². The van der Waals surface area contributed by atoms with Crippen LogP contribution < -0.4 is 5.32 Å². The smallest absolute Gasteiger partial charge is 0.323 e. The largest absolute Gasteiger partial charge is 0.459 e. The van der Waals surface area contributed by atoms with Gasteiger partial charge in [0.1, 0.15) is 11.6 Å². The minimum absolute atomic E-state index is 0.0567. The summed E-state index contributed by atoms with van der Waals surface area (Å²) in [6, 6.07) is 3.57. The second kappa shape index (κ2) is 5.96. The first-order valence-electron chi connectivity index (χ1n) is 6.18. The fourth-order valence-corrected chi connectivity index (χ4v) is 1.56. The van der Waals surface area contributed by atoms with E-state index in [1.54, 1.807) is 19.3 Å². The lowest BCUT2D eigenvalue weighted by atomic mass is 10.1. The van der Waals surface area contributed by atoms with Crippen molar-refractivity contribution in [1.82, 2.24) is 10.3 Å². The van der Waals surface area contributed by atoms with Gasteiger partial charge in [0.25, 0.3) is 0 Å². The zero-order valence-corrected chi connectivity index (χ0v) is 11.7. The lowest BCUT2D eigenvalue weighted by Gasteiger charge is -2.24. The van der Waals surface area contributed by atoms with Crippen LogP contribution in [-0.2, 0) is 9.53 Å². The summed E-state index contributed by atoms with van der Waals surface area (Å²) in [5.74, 6) is -0.238. The second-order valence-electron chi connectivity index (χ2n) is 5.43. The lowest BCUT2D eigenvalue weighted by Crippen LogP contribution is -2.40. The van der Waals surface area contributed by atoms with Crippen LogP contribution in [0.5, 0.6) is 0 Å². The molecule has 1 N–H and O–H groups in total. The molecule has 0 radical (unpaired) electrons. The first kappa shape index (κ1) is 14.6. The van der Waals surface area contributed by atoms with Gasteiger partial charge in [-0.3, -0.25) is 15.1 Å². The van der Waals surface area contributed by atoms with Crippen LogP contribution in [0.15, 0.2) is 24.5 Å². The third-order valence-corrected chi connectivity index (χ3v) is 2.44. The van der Waals surface area contributed by atoms with Crippen LogP contribution in [0.4, 0.5) is 0 Å². The summed E-state index contributed by atoms with van der Waals surface area (Å²) in [5, 5.41) is 3.20. The summed E-state index contributed by atoms with van der Waals surface area (Å²) in [6.45, 7) is 9.39. The average molecular weight is 250 g/mol. The van der Waals surface area contributed by atoms with Crippen LogP contribution in [0, 0.1) is 0 Å². The molecule has 1 aromatic heterocycles. The minimum atomic E-state index is -0.454. The van der Waals surface area contributed by atoms with Gasteiger partial charge in [0.15, 0.2) is 0 Å². The second-order valence-corrected chi connectivity index (χ2v) is 5.43. The van der Waals surface area contributed by atoms with Gasteiger partial charge < -0.3 is 4.74 Å². The van der Waals surface area contributed by atoms with Crippen molar-refractivity contribution in [2.45, 2.75) is 52.3 Å². The van der Waals surface area contributed by atoms with Gasteiger partial charge in [0.05, 0.1) is 0 Å². The van der Waals surface area contributed by atoms with E-state index in [1.807, 2.05) is 39.8 Å². The summed E-state index contributed by atoms with van der Waals surface area (Å²) in [7, 11) is 0. The molecule has 2 atom stereocenters. The van der Waals surface area contributed by atoms with Crippen molar-refractivity contribution in [1.29, 1.82) is 0 Å². The summed E-state index contributed by atoms with van der Waals surface area (Å²) < 4.78 is 5.32. The van der Waals surface area contributed by atoms with E-state index in [1.165, 1.54) is 0 Å². The molecule has 0 bridgehead atoms. The van der Waals surface area contributed by atoms with E-state index in [0.717, 1.165) is 5.56 Å². The van der Waals surface area contributed by atoms with Gasteiger partial charge in [0, 0.05) is 18.4 Å². The number of nitrogens with zero attached hydrogens (tertiary/aromatic N) is 1. The van der Waals surface area contributed by atoms with Crippen molar-refractivity contribution in [3.63, 3.8) is 0 Å². The molecule has 100 valence electrons. The number of nitrogens with one attached hydrogen (secondary N) is 1. The molecule has 18 heavy (non-hydrogen) atoms. The standard InChI is InChI=1S/C14H22N2O2/c1-10(12-7-6-8-15-9-12)16-11(2)13(17)18-14(3,4)5/h6-11,16H,1-5H3/t10-,11?/m0/s1. The Morgan fingerprint density at radius 3 is 2.56 bits per heavy atom. The third-order valence-electron chi connectivity index (χ3n) is 2.44. The zero-order valence-electron chi connectivity index (χ0n) is 11.7. The molecule has 4 heteroatoms. The topological polar surface area (TPSA) is 51.2 Å². The summed E-state index contributed by atoms with van der Waals surface area (Å²) in [5.41, 5.74) is 0.595. The Kier molecular flexibility index (Phi) is 4.84. The zero-order chi connectivity index (χ0) is 13.8. The van der Waals surface area contributed by atoms with Crippen LogP contribution in [-0.4, -0.2) is 22.6 Å². The molecule has 4 nitrogen and oxygen atoms in total. The van der Waals surface area contributed by atoms with E-state index < -0.39 is 5.60 Å². The van der Waals surface area contributed by atoms with Gasteiger partial charge in [-0.05, 0) is 46.2 Å². The predicted octanol–water partition coefficient (Wildman–Crippen LogP) is 2.46. The Hall–Kier alpha value is -1.42. The minimum Gasteiger partial charge on any atom is -0.459 e. The Balaban J connectivity index is 2.55. The SMILES string of the molecule is CC(N[C@@H](C)c1cccnc1)C(=O)OC(C)(C)C. The molecule has 0 aliphatic heterocycles. The Bertz CT molecular complexity index is 385. The van der Waals surface area contributed by atoms with Crippen molar-refractivity contribution < 1.29 is 9.53 Å². The van der Waals surface area contributed by atoms with E-state index in [2.05, 4.69) is 10.3 Å². The Labute approximate surface area is 109 Å². The monoisotopic (exact) mass is 250 g/mol. The summed E-state index contributed by atoms with van der Waals surface area (Å²) in [4.78, 5) is 15.9. The number of hydrogen-bond acceptors (Lipinski definition) is 4. The number of ether oxygens (including phenoxy) is 1. The molecule has 0 amide bonds. The average Bonchev–Trinajstić information content (AvgIpc) is 2.27. The van der Waals surface area contributed by atoms with Gasteiger partial charge in [-0.15, -0.1) is 0 Å². The summed E-state index contributed by atoms with van der Waals surface area (Å²) >= 11 is 0. The van der Waals surface area contributed by atoms with Crippen molar-refractivity contribution >= 4 is 5.97 Å². The van der Waals surface area contributed by atoms with Crippen molar-refractivity contribution in [2.24, 2.45) is 0 Å². The highest BCUT2D eigenvalue weighted by molar-refractivity contribution is 5.75. The molecule has 0 fully saturated rings. The van der Waals surface area contributed by atoms with Crippen LogP contribution in [0.1, 0.15) is 46.2 Å². The van der Waals surface area contributed by atoms with E-state index in [9.17, 15) is 4.79 Å². The molecular formula is C14H22N2O2. The van der Waals surface area contributed by atoms with Gasteiger partial charge in [0.2, 0.25) is 0 Å². The quantitative estimate of drug-likeness (QED) is 0.834. The first-order valence-corrected chi connectivity index (χ1v) is 6.18. The van der Waals surface area contributed by atoms with Crippen molar-refractivity contribution in [3.05, 3.63) is 30.1 Å². The van der Waals surface area contributed by atoms with Crippen molar-refractivity contribution in [2.75, 3.05) is 0 Å². The maximum absolute atomic E-state index is 11.8. The number of pyridine rings is 1. The van der Waals surface area contributed by atoms with Crippen LogP contribution >= 0.6 is 0 Å². The maximum atomic E-state index is 11.8.